The molecule has 0 aliphatic carbocycles. The summed E-state index contributed by atoms with van der Waals surface area (Å²) >= 11 is 6.21. The number of nitrogens with zero attached hydrogens (tertiary/aromatic N) is 2. The van der Waals surface area contributed by atoms with Crippen LogP contribution in [0.3, 0.4) is 0 Å². The quantitative estimate of drug-likeness (QED) is 0.692. The summed E-state index contributed by atoms with van der Waals surface area (Å²) in [5.74, 6) is 0.321. The molecule has 0 fully saturated rings. The molecule has 1 aromatic heterocycles. The van der Waals surface area contributed by atoms with E-state index in [1.165, 1.54) is 0 Å². The first kappa shape index (κ1) is 17.5. The first-order valence-electron chi connectivity index (χ1n) is 8.23. The molecule has 1 heterocycles. The molecule has 130 valence electrons. The van der Waals surface area contributed by atoms with Gasteiger partial charge in [0.25, 0.3) is 0 Å². The molecule has 0 saturated carbocycles. The summed E-state index contributed by atoms with van der Waals surface area (Å²) in [4.78, 5) is 0. The predicted molar refractivity (Wildman–Crippen MR) is 101 cm³/mol. The Morgan fingerprint density at radius 3 is 2.52 bits per heavy atom. The first-order valence-corrected chi connectivity index (χ1v) is 8.61. The van der Waals surface area contributed by atoms with Crippen LogP contribution in [0, 0.1) is 6.92 Å². The van der Waals surface area contributed by atoms with Crippen LogP contribution in [0.25, 0.3) is 11.1 Å². The van der Waals surface area contributed by atoms with Crippen molar-refractivity contribution < 1.29 is 5.11 Å². The molecule has 3 rings (SSSR count). The minimum atomic E-state index is -0.149. The molecule has 0 spiro atoms. The van der Waals surface area contributed by atoms with Crippen LogP contribution in [-0.2, 0) is 11.8 Å². The van der Waals surface area contributed by atoms with Gasteiger partial charge in [-0.25, -0.2) is 0 Å². The number of rotatable bonds is 3. The van der Waals surface area contributed by atoms with E-state index in [-0.39, 0.29) is 5.41 Å². The van der Waals surface area contributed by atoms with Crippen molar-refractivity contribution in [1.82, 2.24) is 15.4 Å². The number of hydrogen-bond acceptors (Lipinski definition) is 3. The Hall–Kier alpha value is -2.33. The zero-order chi connectivity index (χ0) is 18.2. The lowest BCUT2D eigenvalue weighted by Gasteiger charge is -2.23. The van der Waals surface area contributed by atoms with Crippen LogP contribution < -0.4 is 0 Å². The van der Waals surface area contributed by atoms with Gasteiger partial charge in [0.05, 0.1) is 11.9 Å². The average molecular weight is 356 g/mol. The molecule has 4 nitrogen and oxygen atoms in total. The molecule has 0 aliphatic rings. The maximum Gasteiger partial charge on any atom is 0.127 e. The van der Waals surface area contributed by atoms with Gasteiger partial charge in [-0.15, -0.1) is 0 Å². The number of phenolic OH excluding ortho intramolecular Hbond substituents is 1. The van der Waals surface area contributed by atoms with Gasteiger partial charge in [0.2, 0.25) is 0 Å². The molecular formula is C20H22ClN3O. The van der Waals surface area contributed by atoms with E-state index >= 15 is 0 Å². The van der Waals surface area contributed by atoms with Crippen LogP contribution in [-0.4, -0.2) is 20.5 Å². The van der Waals surface area contributed by atoms with Gasteiger partial charge in [-0.2, -0.15) is 15.4 Å². The SMILES string of the molecule is Cc1cc(-c2ccc(Cl)cc2Cc2cn[nH]n2)c(O)c(C(C)(C)C)c1. The Morgan fingerprint density at radius 2 is 1.88 bits per heavy atom. The summed E-state index contributed by atoms with van der Waals surface area (Å²) < 4.78 is 0. The number of hydrogen-bond donors (Lipinski definition) is 2. The number of aromatic amines is 1. The number of aromatic nitrogens is 3. The highest BCUT2D eigenvalue weighted by Gasteiger charge is 2.22. The number of aryl methyl sites for hydroxylation is 1. The molecule has 5 heteroatoms. The van der Waals surface area contributed by atoms with Crippen LogP contribution in [0.2, 0.25) is 5.02 Å². The largest absolute Gasteiger partial charge is 0.507 e. The molecule has 2 N–H and O–H groups in total. The Balaban J connectivity index is 2.18. The van der Waals surface area contributed by atoms with Crippen molar-refractivity contribution in [2.45, 2.75) is 39.5 Å². The van der Waals surface area contributed by atoms with Crippen molar-refractivity contribution in [3.63, 3.8) is 0 Å². The van der Waals surface area contributed by atoms with E-state index in [1.807, 2.05) is 37.3 Å². The second kappa shape index (κ2) is 6.52. The molecule has 0 aliphatic heterocycles. The number of H-pyrrole nitrogens is 1. The standard InChI is InChI=1S/C20H22ClN3O/c1-12-7-17(19(25)18(8-12)20(2,3)4)16-6-5-14(21)9-13(16)10-15-11-22-24-23-15/h5-9,11,25H,10H2,1-4H3,(H,22,23,24). The maximum absolute atomic E-state index is 11.0. The van der Waals surface area contributed by atoms with Crippen LogP contribution in [0.15, 0.2) is 36.5 Å². The fourth-order valence-corrected chi connectivity index (χ4v) is 3.23. The third-order valence-electron chi connectivity index (χ3n) is 4.26. The molecule has 2 aromatic carbocycles. The Kier molecular flexibility index (Phi) is 4.56. The summed E-state index contributed by atoms with van der Waals surface area (Å²) in [6.07, 6.45) is 2.28. The van der Waals surface area contributed by atoms with Gasteiger partial charge in [0, 0.05) is 22.6 Å². The van der Waals surface area contributed by atoms with Crippen LogP contribution in [0.4, 0.5) is 0 Å². The summed E-state index contributed by atoms with van der Waals surface area (Å²) in [6.45, 7) is 8.35. The lowest BCUT2D eigenvalue weighted by Crippen LogP contribution is -2.12. The summed E-state index contributed by atoms with van der Waals surface area (Å²) in [5, 5.41) is 22.2. The van der Waals surface area contributed by atoms with Crippen molar-refractivity contribution in [3.05, 3.63) is 63.9 Å². The molecule has 0 bridgehead atoms. The van der Waals surface area contributed by atoms with Gasteiger partial charge in [-0.1, -0.05) is 44.5 Å². The third kappa shape index (κ3) is 3.69. The van der Waals surface area contributed by atoms with Crippen molar-refractivity contribution in [3.8, 4) is 16.9 Å². The highest BCUT2D eigenvalue weighted by atomic mass is 35.5. The summed E-state index contributed by atoms with van der Waals surface area (Å²) in [5.41, 5.74) is 5.50. The highest BCUT2D eigenvalue weighted by molar-refractivity contribution is 6.30. The zero-order valence-electron chi connectivity index (χ0n) is 14.9. The monoisotopic (exact) mass is 355 g/mol. The van der Waals surface area contributed by atoms with Gasteiger partial charge in [0.15, 0.2) is 0 Å². The normalized spacial score (nSPS) is 11.7. The second-order valence-corrected chi connectivity index (χ2v) is 7.83. The number of benzene rings is 2. The lowest BCUT2D eigenvalue weighted by molar-refractivity contribution is 0.448. The van der Waals surface area contributed by atoms with E-state index in [9.17, 15) is 5.11 Å². The second-order valence-electron chi connectivity index (χ2n) is 7.40. The minimum Gasteiger partial charge on any atom is -0.507 e. The first-order chi connectivity index (χ1) is 11.8. The van der Waals surface area contributed by atoms with Gasteiger partial charge >= 0.3 is 0 Å². The van der Waals surface area contributed by atoms with Crippen LogP contribution in [0.5, 0.6) is 5.75 Å². The van der Waals surface area contributed by atoms with Gasteiger partial charge < -0.3 is 5.11 Å². The average Bonchev–Trinajstić information content (AvgIpc) is 3.02. The van der Waals surface area contributed by atoms with E-state index in [4.69, 9.17) is 11.6 Å². The van der Waals surface area contributed by atoms with Crippen molar-refractivity contribution in [1.29, 1.82) is 0 Å². The Labute approximate surface area is 152 Å². The molecule has 0 amide bonds. The Morgan fingerprint density at radius 1 is 1.12 bits per heavy atom. The van der Waals surface area contributed by atoms with Gasteiger partial charge in [-0.3, -0.25) is 0 Å². The number of aromatic hydroxyl groups is 1. The number of halogens is 1. The van der Waals surface area contributed by atoms with Gasteiger partial charge in [0.1, 0.15) is 5.75 Å². The molecule has 3 aromatic rings. The highest BCUT2D eigenvalue weighted by Crippen LogP contribution is 2.41. The summed E-state index contributed by atoms with van der Waals surface area (Å²) in [7, 11) is 0. The van der Waals surface area contributed by atoms with Crippen molar-refractivity contribution >= 4 is 11.6 Å². The summed E-state index contributed by atoms with van der Waals surface area (Å²) in [6, 6.07) is 9.79. The predicted octanol–water partition coefficient (Wildman–Crippen LogP) is 5.03. The molecule has 25 heavy (non-hydrogen) atoms. The fraction of sp³-hybridized carbons (Fsp3) is 0.300. The maximum atomic E-state index is 11.0. The van der Waals surface area contributed by atoms with E-state index in [0.29, 0.717) is 17.2 Å². The minimum absolute atomic E-state index is 0.149. The lowest BCUT2D eigenvalue weighted by atomic mass is 9.82. The molecule has 0 saturated heterocycles. The Bertz CT molecular complexity index is 896. The van der Waals surface area contributed by atoms with E-state index < -0.39 is 0 Å². The molecule has 0 atom stereocenters. The zero-order valence-corrected chi connectivity index (χ0v) is 15.6. The molecular weight excluding hydrogens is 334 g/mol. The van der Waals surface area contributed by atoms with E-state index in [2.05, 4.69) is 36.2 Å². The molecule has 0 radical (unpaired) electrons. The van der Waals surface area contributed by atoms with Crippen LogP contribution >= 0.6 is 11.6 Å². The van der Waals surface area contributed by atoms with Crippen molar-refractivity contribution in [2.75, 3.05) is 0 Å². The number of phenols is 1. The fourth-order valence-electron chi connectivity index (χ4n) is 3.03. The van der Waals surface area contributed by atoms with Gasteiger partial charge in [-0.05, 0) is 47.2 Å². The van der Waals surface area contributed by atoms with Crippen LogP contribution in [0.1, 0.15) is 43.2 Å². The third-order valence-corrected chi connectivity index (χ3v) is 4.49. The smallest absolute Gasteiger partial charge is 0.127 e. The number of nitrogens with one attached hydrogen (secondary N) is 1. The van der Waals surface area contributed by atoms with E-state index in [0.717, 1.165) is 33.5 Å². The topological polar surface area (TPSA) is 61.8 Å². The van der Waals surface area contributed by atoms with Crippen molar-refractivity contribution in [2.24, 2.45) is 0 Å². The van der Waals surface area contributed by atoms with E-state index in [1.54, 1.807) is 6.20 Å². The molecule has 0 unspecified atom stereocenters.